The largest absolute Gasteiger partial charge is 0.486 e. The standard InChI is InChI=1S/C14H12ClFN2O3/c1-17-11-6-5-9(7-12(11)18(19)20)8-21-13-4-2-3-10(15)14(13)16/h2-7,17H,8H2,1H3. The van der Waals surface area contributed by atoms with Gasteiger partial charge in [-0.25, -0.2) is 4.39 Å². The predicted molar refractivity (Wildman–Crippen MR) is 78.4 cm³/mol. The highest BCUT2D eigenvalue weighted by Crippen LogP contribution is 2.27. The lowest BCUT2D eigenvalue weighted by atomic mass is 10.2. The molecule has 2 rings (SSSR count). The van der Waals surface area contributed by atoms with E-state index in [9.17, 15) is 14.5 Å². The van der Waals surface area contributed by atoms with Crippen molar-refractivity contribution in [2.24, 2.45) is 0 Å². The van der Waals surface area contributed by atoms with Crippen LogP contribution in [0.5, 0.6) is 5.75 Å². The second kappa shape index (κ2) is 6.41. The van der Waals surface area contributed by atoms with Crippen LogP contribution in [0.25, 0.3) is 0 Å². The number of nitro groups is 1. The van der Waals surface area contributed by atoms with Crippen molar-refractivity contribution < 1.29 is 14.1 Å². The van der Waals surface area contributed by atoms with Crippen LogP contribution < -0.4 is 10.1 Å². The summed E-state index contributed by atoms with van der Waals surface area (Å²) in [5.41, 5.74) is 0.892. The van der Waals surface area contributed by atoms with Gasteiger partial charge in [0.15, 0.2) is 11.6 Å². The molecular weight excluding hydrogens is 299 g/mol. The van der Waals surface area contributed by atoms with E-state index in [1.165, 1.54) is 18.2 Å². The van der Waals surface area contributed by atoms with E-state index in [1.54, 1.807) is 25.2 Å². The van der Waals surface area contributed by atoms with Gasteiger partial charge in [-0.05, 0) is 23.8 Å². The Morgan fingerprint density at radius 2 is 2.14 bits per heavy atom. The smallest absolute Gasteiger partial charge is 0.292 e. The summed E-state index contributed by atoms with van der Waals surface area (Å²) in [5, 5.41) is 13.6. The lowest BCUT2D eigenvalue weighted by molar-refractivity contribution is -0.384. The van der Waals surface area contributed by atoms with Gasteiger partial charge in [0, 0.05) is 13.1 Å². The highest BCUT2D eigenvalue weighted by Gasteiger charge is 2.14. The molecule has 1 N–H and O–H groups in total. The number of nitrogens with one attached hydrogen (secondary N) is 1. The van der Waals surface area contributed by atoms with Crippen LogP contribution in [0.4, 0.5) is 15.8 Å². The van der Waals surface area contributed by atoms with Crippen molar-refractivity contribution >= 4 is 23.0 Å². The summed E-state index contributed by atoms with van der Waals surface area (Å²) in [7, 11) is 1.60. The van der Waals surface area contributed by atoms with Gasteiger partial charge >= 0.3 is 0 Å². The zero-order valence-corrected chi connectivity index (χ0v) is 11.9. The molecule has 0 aliphatic heterocycles. The van der Waals surface area contributed by atoms with Gasteiger partial charge in [-0.3, -0.25) is 10.1 Å². The first kappa shape index (κ1) is 15.1. The Kier molecular flexibility index (Phi) is 4.59. The summed E-state index contributed by atoms with van der Waals surface area (Å²) in [5.74, 6) is -0.650. The molecule has 0 spiro atoms. The van der Waals surface area contributed by atoms with Crippen LogP contribution in [0.15, 0.2) is 36.4 Å². The average molecular weight is 311 g/mol. The van der Waals surface area contributed by atoms with Crippen molar-refractivity contribution in [3.8, 4) is 5.75 Å². The van der Waals surface area contributed by atoms with Crippen LogP contribution in [0, 0.1) is 15.9 Å². The van der Waals surface area contributed by atoms with Crippen LogP contribution in [0.2, 0.25) is 5.02 Å². The van der Waals surface area contributed by atoms with Gasteiger partial charge in [0.1, 0.15) is 12.3 Å². The highest BCUT2D eigenvalue weighted by atomic mass is 35.5. The van der Waals surface area contributed by atoms with Gasteiger partial charge in [-0.15, -0.1) is 0 Å². The molecule has 0 saturated heterocycles. The van der Waals surface area contributed by atoms with Crippen LogP contribution in [-0.4, -0.2) is 12.0 Å². The van der Waals surface area contributed by atoms with Crippen molar-refractivity contribution in [3.63, 3.8) is 0 Å². The first-order valence-corrected chi connectivity index (χ1v) is 6.42. The maximum absolute atomic E-state index is 13.7. The molecule has 21 heavy (non-hydrogen) atoms. The van der Waals surface area contributed by atoms with Gasteiger partial charge in [-0.2, -0.15) is 0 Å². The topological polar surface area (TPSA) is 64.4 Å². The molecule has 0 bridgehead atoms. The minimum atomic E-state index is -0.652. The van der Waals surface area contributed by atoms with E-state index >= 15 is 0 Å². The van der Waals surface area contributed by atoms with Gasteiger partial charge in [-0.1, -0.05) is 23.7 Å². The SMILES string of the molecule is CNc1ccc(COc2cccc(Cl)c2F)cc1[N+](=O)[O-]. The summed E-state index contributed by atoms with van der Waals surface area (Å²) in [6, 6.07) is 9.04. The summed E-state index contributed by atoms with van der Waals surface area (Å²) in [4.78, 5) is 10.5. The monoisotopic (exact) mass is 310 g/mol. The Hall–Kier alpha value is -2.34. The van der Waals surface area contributed by atoms with E-state index in [0.717, 1.165) is 0 Å². The van der Waals surface area contributed by atoms with E-state index in [4.69, 9.17) is 16.3 Å². The number of anilines is 1. The van der Waals surface area contributed by atoms with Crippen molar-refractivity contribution in [2.75, 3.05) is 12.4 Å². The Morgan fingerprint density at radius 3 is 2.81 bits per heavy atom. The third kappa shape index (κ3) is 3.41. The second-order valence-corrected chi connectivity index (χ2v) is 4.61. The van der Waals surface area contributed by atoms with E-state index < -0.39 is 10.7 Å². The number of halogens is 2. The van der Waals surface area contributed by atoms with Crippen molar-refractivity contribution in [1.82, 2.24) is 0 Å². The second-order valence-electron chi connectivity index (χ2n) is 4.20. The van der Waals surface area contributed by atoms with Gasteiger partial charge < -0.3 is 10.1 Å². The highest BCUT2D eigenvalue weighted by molar-refractivity contribution is 6.30. The normalized spacial score (nSPS) is 10.2. The molecule has 0 saturated carbocycles. The third-order valence-corrected chi connectivity index (χ3v) is 3.13. The maximum atomic E-state index is 13.7. The van der Waals surface area contributed by atoms with Crippen molar-refractivity contribution in [2.45, 2.75) is 6.61 Å². The molecule has 0 radical (unpaired) electrons. The number of benzene rings is 2. The number of nitrogens with zero attached hydrogens (tertiary/aromatic N) is 1. The van der Waals surface area contributed by atoms with Crippen molar-refractivity contribution in [1.29, 1.82) is 0 Å². The fourth-order valence-electron chi connectivity index (χ4n) is 1.79. The molecule has 2 aromatic rings. The van der Waals surface area contributed by atoms with Crippen LogP contribution in [-0.2, 0) is 6.61 Å². The van der Waals surface area contributed by atoms with Crippen LogP contribution in [0.3, 0.4) is 0 Å². The Bertz CT molecular complexity index is 679. The predicted octanol–water partition coefficient (Wildman–Crippen LogP) is 4.01. The minimum Gasteiger partial charge on any atom is -0.486 e. The Morgan fingerprint density at radius 1 is 1.38 bits per heavy atom. The minimum absolute atomic E-state index is 0.00208. The number of ether oxygens (including phenoxy) is 1. The van der Waals surface area contributed by atoms with E-state index in [1.807, 2.05) is 0 Å². The zero-order chi connectivity index (χ0) is 15.4. The lowest BCUT2D eigenvalue weighted by Gasteiger charge is -2.09. The summed E-state index contributed by atoms with van der Waals surface area (Å²) in [6.45, 7) is 0.00208. The van der Waals surface area contributed by atoms with Crippen LogP contribution in [0.1, 0.15) is 5.56 Å². The number of rotatable bonds is 5. The first-order chi connectivity index (χ1) is 10.0. The van der Waals surface area contributed by atoms with Gasteiger partial charge in [0.25, 0.3) is 5.69 Å². The summed E-state index contributed by atoms with van der Waals surface area (Å²) in [6.07, 6.45) is 0. The van der Waals surface area contributed by atoms with Crippen molar-refractivity contribution in [3.05, 3.63) is 62.9 Å². The van der Waals surface area contributed by atoms with Gasteiger partial charge in [0.2, 0.25) is 0 Å². The molecule has 0 heterocycles. The fourth-order valence-corrected chi connectivity index (χ4v) is 1.95. The molecule has 0 aliphatic rings. The molecule has 2 aromatic carbocycles. The molecule has 0 aliphatic carbocycles. The number of hydrogen-bond donors (Lipinski definition) is 1. The van der Waals surface area contributed by atoms with E-state index in [-0.39, 0.29) is 23.1 Å². The molecule has 7 heteroatoms. The van der Waals surface area contributed by atoms with Gasteiger partial charge in [0.05, 0.1) is 9.95 Å². The summed E-state index contributed by atoms with van der Waals surface area (Å²) < 4.78 is 19.0. The fraction of sp³-hybridized carbons (Fsp3) is 0.143. The molecule has 0 amide bonds. The molecule has 0 aromatic heterocycles. The number of hydrogen-bond acceptors (Lipinski definition) is 4. The first-order valence-electron chi connectivity index (χ1n) is 6.05. The lowest BCUT2D eigenvalue weighted by Crippen LogP contribution is -2.01. The van der Waals surface area contributed by atoms with E-state index in [0.29, 0.717) is 11.3 Å². The Labute approximate surface area is 125 Å². The van der Waals surface area contributed by atoms with Crippen LogP contribution >= 0.6 is 11.6 Å². The third-order valence-electron chi connectivity index (χ3n) is 2.84. The molecule has 0 unspecified atom stereocenters. The number of nitro benzene ring substituents is 1. The molecule has 5 nitrogen and oxygen atoms in total. The molecular formula is C14H12ClFN2O3. The molecule has 0 fully saturated rings. The molecule has 110 valence electrons. The maximum Gasteiger partial charge on any atom is 0.292 e. The molecule has 0 atom stereocenters. The zero-order valence-electron chi connectivity index (χ0n) is 11.1. The summed E-state index contributed by atoms with van der Waals surface area (Å²) >= 11 is 5.65. The average Bonchev–Trinajstić information content (AvgIpc) is 2.48. The van der Waals surface area contributed by atoms with E-state index in [2.05, 4.69) is 5.32 Å². The quantitative estimate of drug-likeness (QED) is 0.669. The Balaban J connectivity index is 2.19.